The van der Waals surface area contributed by atoms with Crippen molar-refractivity contribution < 1.29 is 9.84 Å². The van der Waals surface area contributed by atoms with Crippen molar-refractivity contribution >= 4 is 23.4 Å². The molecule has 1 heterocycles. The number of hydrogen-bond acceptors (Lipinski definition) is 5. The van der Waals surface area contributed by atoms with Crippen LogP contribution in [0.25, 0.3) is 5.69 Å². The van der Waals surface area contributed by atoms with Crippen LogP contribution in [0.3, 0.4) is 0 Å². The monoisotopic (exact) mass is 375 g/mol. The Balaban J connectivity index is 1.49. The van der Waals surface area contributed by atoms with E-state index in [0.717, 1.165) is 11.3 Å². The summed E-state index contributed by atoms with van der Waals surface area (Å²) < 4.78 is 7.40. The first-order chi connectivity index (χ1) is 12.2. The summed E-state index contributed by atoms with van der Waals surface area (Å²) in [5.74, 6) is 0.466. The molecule has 0 aliphatic rings. The average molecular weight is 376 g/mol. The summed E-state index contributed by atoms with van der Waals surface area (Å²) in [5, 5.41) is 19.5. The zero-order chi connectivity index (χ0) is 17.5. The smallest absolute Gasteiger partial charge is 0.195 e. The van der Waals surface area contributed by atoms with Gasteiger partial charge in [0.25, 0.3) is 0 Å². The van der Waals surface area contributed by atoms with Gasteiger partial charge in [0.1, 0.15) is 6.33 Å². The predicted octanol–water partition coefficient (Wildman–Crippen LogP) is 3.59. The van der Waals surface area contributed by atoms with Crippen molar-refractivity contribution in [3.8, 4) is 5.69 Å². The molecule has 130 valence electrons. The number of ether oxygens (including phenoxy) is 1. The maximum atomic E-state index is 10.1. The number of aliphatic hydroxyl groups is 1. The zero-order valence-corrected chi connectivity index (χ0v) is 15.0. The molecule has 1 atom stereocenters. The normalized spacial score (nSPS) is 12.2. The minimum absolute atomic E-state index is 0.271. The van der Waals surface area contributed by atoms with Crippen LogP contribution in [-0.4, -0.2) is 38.3 Å². The van der Waals surface area contributed by atoms with E-state index < -0.39 is 6.10 Å². The first-order valence-corrected chi connectivity index (χ1v) is 9.17. The molecule has 2 aromatic carbocycles. The maximum Gasteiger partial charge on any atom is 0.195 e. The second-order valence-electron chi connectivity index (χ2n) is 5.43. The molecule has 0 amide bonds. The summed E-state index contributed by atoms with van der Waals surface area (Å²) in [7, 11) is 0. The lowest BCUT2D eigenvalue weighted by Gasteiger charge is -2.11. The van der Waals surface area contributed by atoms with Crippen LogP contribution in [0.15, 0.2) is 66.1 Å². The SMILES string of the molecule is O[C@@H](COCc1ccccc1)CSc1nncn1-c1cccc(Cl)c1. The minimum Gasteiger partial charge on any atom is -0.390 e. The highest BCUT2D eigenvalue weighted by molar-refractivity contribution is 7.99. The van der Waals surface area contributed by atoms with Gasteiger partial charge in [-0.1, -0.05) is 59.8 Å². The molecule has 25 heavy (non-hydrogen) atoms. The van der Waals surface area contributed by atoms with E-state index in [9.17, 15) is 5.11 Å². The largest absolute Gasteiger partial charge is 0.390 e. The predicted molar refractivity (Wildman–Crippen MR) is 99.2 cm³/mol. The lowest BCUT2D eigenvalue weighted by molar-refractivity contribution is 0.0398. The minimum atomic E-state index is -0.585. The molecule has 0 radical (unpaired) electrons. The van der Waals surface area contributed by atoms with E-state index in [0.29, 0.717) is 22.5 Å². The molecule has 7 heteroatoms. The van der Waals surface area contributed by atoms with Gasteiger partial charge in [0.05, 0.1) is 25.0 Å². The second-order valence-corrected chi connectivity index (χ2v) is 6.85. The number of halogens is 1. The number of aliphatic hydroxyl groups excluding tert-OH is 1. The molecule has 1 aromatic heterocycles. The molecule has 0 aliphatic carbocycles. The molecular weight excluding hydrogens is 358 g/mol. The fourth-order valence-corrected chi connectivity index (χ4v) is 3.25. The van der Waals surface area contributed by atoms with Crippen molar-refractivity contribution in [3.05, 3.63) is 71.5 Å². The third-order valence-electron chi connectivity index (χ3n) is 3.43. The maximum absolute atomic E-state index is 10.1. The quantitative estimate of drug-likeness (QED) is 0.610. The highest BCUT2D eigenvalue weighted by atomic mass is 35.5. The average Bonchev–Trinajstić information content (AvgIpc) is 3.09. The molecule has 0 aliphatic heterocycles. The summed E-state index contributed by atoms with van der Waals surface area (Å²) >= 11 is 7.46. The molecule has 0 unspecified atom stereocenters. The zero-order valence-electron chi connectivity index (χ0n) is 13.5. The second kappa shape index (κ2) is 9.01. The van der Waals surface area contributed by atoms with Gasteiger partial charge >= 0.3 is 0 Å². The van der Waals surface area contributed by atoms with Crippen LogP contribution in [0, 0.1) is 0 Å². The molecule has 5 nitrogen and oxygen atoms in total. The van der Waals surface area contributed by atoms with Crippen molar-refractivity contribution in [2.45, 2.75) is 17.9 Å². The molecule has 3 aromatic rings. The van der Waals surface area contributed by atoms with Crippen molar-refractivity contribution in [3.63, 3.8) is 0 Å². The van der Waals surface area contributed by atoms with Crippen LogP contribution in [0.1, 0.15) is 5.56 Å². The van der Waals surface area contributed by atoms with Gasteiger partial charge in [0.15, 0.2) is 5.16 Å². The standard InChI is InChI=1S/C18H18ClN3O2S/c19-15-7-4-8-16(9-15)22-13-20-21-18(22)25-12-17(23)11-24-10-14-5-2-1-3-6-14/h1-9,13,17,23H,10-12H2/t17-/m0/s1. The molecule has 0 saturated heterocycles. The lowest BCUT2D eigenvalue weighted by atomic mass is 10.2. The van der Waals surface area contributed by atoms with Gasteiger partial charge in [0.2, 0.25) is 0 Å². The van der Waals surface area contributed by atoms with Crippen LogP contribution in [-0.2, 0) is 11.3 Å². The summed E-state index contributed by atoms with van der Waals surface area (Å²) in [6.45, 7) is 0.758. The number of nitrogens with zero attached hydrogens (tertiary/aromatic N) is 3. The van der Waals surface area contributed by atoms with Crippen LogP contribution in [0.5, 0.6) is 0 Å². The Morgan fingerprint density at radius 2 is 2.00 bits per heavy atom. The third kappa shape index (κ3) is 5.31. The van der Waals surface area contributed by atoms with Crippen LogP contribution >= 0.6 is 23.4 Å². The number of benzene rings is 2. The van der Waals surface area contributed by atoms with Gasteiger partial charge in [0, 0.05) is 10.8 Å². The Labute approximate surface area is 155 Å². The van der Waals surface area contributed by atoms with Crippen molar-refractivity contribution in [1.82, 2.24) is 14.8 Å². The number of rotatable bonds is 8. The van der Waals surface area contributed by atoms with E-state index in [2.05, 4.69) is 10.2 Å². The van der Waals surface area contributed by atoms with E-state index >= 15 is 0 Å². The Hall–Kier alpha value is -1.86. The Kier molecular flexibility index (Phi) is 6.47. The fourth-order valence-electron chi connectivity index (χ4n) is 2.23. The van der Waals surface area contributed by atoms with Crippen molar-refractivity contribution in [2.24, 2.45) is 0 Å². The van der Waals surface area contributed by atoms with E-state index in [1.807, 2.05) is 59.2 Å². The Morgan fingerprint density at radius 3 is 2.80 bits per heavy atom. The Bertz CT molecular complexity index is 798. The van der Waals surface area contributed by atoms with Gasteiger partial charge in [-0.3, -0.25) is 4.57 Å². The summed E-state index contributed by atoms with van der Waals surface area (Å²) in [5.41, 5.74) is 1.97. The molecule has 1 N–H and O–H groups in total. The summed E-state index contributed by atoms with van der Waals surface area (Å²) in [4.78, 5) is 0. The van der Waals surface area contributed by atoms with Gasteiger partial charge in [-0.2, -0.15) is 0 Å². The van der Waals surface area contributed by atoms with Gasteiger partial charge < -0.3 is 9.84 Å². The fraction of sp³-hybridized carbons (Fsp3) is 0.222. The highest BCUT2D eigenvalue weighted by Gasteiger charge is 2.11. The van der Waals surface area contributed by atoms with E-state index in [1.165, 1.54) is 11.8 Å². The van der Waals surface area contributed by atoms with Crippen molar-refractivity contribution in [1.29, 1.82) is 0 Å². The molecule has 0 saturated carbocycles. The molecule has 0 bridgehead atoms. The molecule has 0 spiro atoms. The third-order valence-corrected chi connectivity index (χ3v) is 4.75. The van der Waals surface area contributed by atoms with Crippen molar-refractivity contribution in [2.75, 3.05) is 12.4 Å². The highest BCUT2D eigenvalue weighted by Crippen LogP contribution is 2.22. The van der Waals surface area contributed by atoms with Crippen LogP contribution in [0.4, 0.5) is 0 Å². The molecule has 0 fully saturated rings. The summed E-state index contributed by atoms with van der Waals surface area (Å²) in [6, 6.07) is 17.3. The summed E-state index contributed by atoms with van der Waals surface area (Å²) in [6.07, 6.45) is 1.05. The van der Waals surface area contributed by atoms with Gasteiger partial charge in [-0.05, 0) is 23.8 Å². The van der Waals surface area contributed by atoms with E-state index in [4.69, 9.17) is 16.3 Å². The first kappa shape index (κ1) is 17.9. The van der Waals surface area contributed by atoms with Gasteiger partial charge in [-0.25, -0.2) is 0 Å². The van der Waals surface area contributed by atoms with E-state index in [1.54, 1.807) is 6.33 Å². The van der Waals surface area contributed by atoms with Crippen LogP contribution < -0.4 is 0 Å². The topological polar surface area (TPSA) is 60.2 Å². The first-order valence-electron chi connectivity index (χ1n) is 7.81. The number of hydrogen-bond donors (Lipinski definition) is 1. The number of thioether (sulfide) groups is 1. The molecular formula is C18H18ClN3O2S. The lowest BCUT2D eigenvalue weighted by Crippen LogP contribution is -2.18. The van der Waals surface area contributed by atoms with Gasteiger partial charge in [-0.15, -0.1) is 10.2 Å². The van der Waals surface area contributed by atoms with Crippen LogP contribution in [0.2, 0.25) is 5.02 Å². The Morgan fingerprint density at radius 1 is 1.16 bits per heavy atom. The number of aromatic nitrogens is 3. The van der Waals surface area contributed by atoms with E-state index in [-0.39, 0.29) is 6.61 Å². The molecule has 3 rings (SSSR count).